The van der Waals surface area contributed by atoms with Gasteiger partial charge in [-0.25, -0.2) is 4.68 Å². The topological polar surface area (TPSA) is 103 Å². The van der Waals surface area contributed by atoms with Gasteiger partial charge in [0.2, 0.25) is 5.95 Å². The van der Waals surface area contributed by atoms with Crippen LogP contribution in [-0.2, 0) is 17.9 Å². The van der Waals surface area contributed by atoms with Gasteiger partial charge >= 0.3 is 0 Å². The molecule has 3 aromatic rings. The van der Waals surface area contributed by atoms with Crippen molar-refractivity contribution in [2.75, 3.05) is 24.4 Å². The molecule has 0 bridgehead atoms. The normalized spacial score (nSPS) is 10.4. The molecule has 1 amide bonds. The standard InChI is InChI=1S/C20H24N6O3/c1-4-26-20(23-24-25-26)21-12-15-6-5-7-17(28-3)19(15)29-13-18(27)22-16-10-8-14(2)9-11-16/h5-11H,4,12-13H2,1-3H3,(H,22,27)(H,21,23,25). The van der Waals surface area contributed by atoms with Crippen molar-refractivity contribution >= 4 is 17.5 Å². The Labute approximate surface area is 169 Å². The molecular formula is C20H24N6O3. The number of methoxy groups -OCH3 is 1. The van der Waals surface area contributed by atoms with Crippen molar-refractivity contribution in [2.45, 2.75) is 26.9 Å². The van der Waals surface area contributed by atoms with Gasteiger partial charge in [0.15, 0.2) is 18.1 Å². The van der Waals surface area contributed by atoms with Crippen LogP contribution in [0, 0.1) is 6.92 Å². The molecule has 0 aliphatic heterocycles. The zero-order valence-corrected chi connectivity index (χ0v) is 16.7. The van der Waals surface area contributed by atoms with Crippen molar-refractivity contribution < 1.29 is 14.3 Å². The van der Waals surface area contributed by atoms with E-state index >= 15 is 0 Å². The van der Waals surface area contributed by atoms with Crippen LogP contribution in [0.3, 0.4) is 0 Å². The third-order valence-corrected chi connectivity index (χ3v) is 4.23. The third-order valence-electron chi connectivity index (χ3n) is 4.23. The van der Waals surface area contributed by atoms with E-state index in [2.05, 4.69) is 26.2 Å². The quantitative estimate of drug-likeness (QED) is 0.573. The molecule has 1 aromatic heterocycles. The summed E-state index contributed by atoms with van der Waals surface area (Å²) in [6.45, 7) is 4.86. The zero-order valence-electron chi connectivity index (χ0n) is 16.7. The van der Waals surface area contributed by atoms with Gasteiger partial charge in [-0.1, -0.05) is 34.9 Å². The third kappa shape index (κ3) is 5.22. The summed E-state index contributed by atoms with van der Waals surface area (Å²) in [5.41, 5.74) is 2.66. The number of nitrogens with zero attached hydrogens (tertiary/aromatic N) is 4. The Morgan fingerprint density at radius 1 is 1.17 bits per heavy atom. The number of ether oxygens (including phenoxy) is 2. The maximum Gasteiger partial charge on any atom is 0.262 e. The molecule has 29 heavy (non-hydrogen) atoms. The number of aryl methyl sites for hydroxylation is 2. The van der Waals surface area contributed by atoms with E-state index in [9.17, 15) is 4.79 Å². The number of carbonyl (C=O) groups is 1. The summed E-state index contributed by atoms with van der Waals surface area (Å²) in [6, 6.07) is 13.1. The van der Waals surface area contributed by atoms with Gasteiger partial charge in [0.05, 0.1) is 7.11 Å². The van der Waals surface area contributed by atoms with Gasteiger partial charge in [-0.15, -0.1) is 0 Å². The fraction of sp³-hybridized carbons (Fsp3) is 0.300. The van der Waals surface area contributed by atoms with Crippen molar-refractivity contribution in [1.82, 2.24) is 20.2 Å². The van der Waals surface area contributed by atoms with Crippen molar-refractivity contribution in [1.29, 1.82) is 0 Å². The lowest BCUT2D eigenvalue weighted by Gasteiger charge is -2.15. The van der Waals surface area contributed by atoms with Crippen LogP contribution >= 0.6 is 0 Å². The van der Waals surface area contributed by atoms with E-state index in [1.165, 1.54) is 0 Å². The van der Waals surface area contributed by atoms with Crippen LogP contribution in [0.5, 0.6) is 11.5 Å². The van der Waals surface area contributed by atoms with E-state index in [1.54, 1.807) is 17.9 Å². The summed E-state index contributed by atoms with van der Waals surface area (Å²) in [5, 5.41) is 17.5. The van der Waals surface area contributed by atoms with Gasteiger partial charge in [0.25, 0.3) is 5.91 Å². The summed E-state index contributed by atoms with van der Waals surface area (Å²) in [7, 11) is 1.56. The van der Waals surface area contributed by atoms with Crippen molar-refractivity contribution in [2.24, 2.45) is 0 Å². The first-order chi connectivity index (χ1) is 14.1. The predicted molar refractivity (Wildman–Crippen MR) is 109 cm³/mol. The number of rotatable bonds is 9. The molecule has 0 fully saturated rings. The van der Waals surface area contributed by atoms with E-state index in [1.807, 2.05) is 50.2 Å². The Hall–Kier alpha value is -3.62. The van der Waals surface area contributed by atoms with Gasteiger partial charge in [-0.3, -0.25) is 4.79 Å². The van der Waals surface area contributed by atoms with Crippen molar-refractivity contribution in [3.05, 3.63) is 53.6 Å². The monoisotopic (exact) mass is 396 g/mol. The molecule has 152 valence electrons. The van der Waals surface area contributed by atoms with Crippen LogP contribution < -0.4 is 20.1 Å². The lowest BCUT2D eigenvalue weighted by atomic mass is 10.2. The van der Waals surface area contributed by atoms with Gasteiger partial charge in [-0.2, -0.15) is 0 Å². The molecule has 0 radical (unpaired) electrons. The van der Waals surface area contributed by atoms with Crippen LogP contribution in [0.15, 0.2) is 42.5 Å². The smallest absolute Gasteiger partial charge is 0.262 e. The number of nitrogens with one attached hydrogen (secondary N) is 2. The molecule has 0 saturated carbocycles. The average molecular weight is 396 g/mol. The highest BCUT2D eigenvalue weighted by Gasteiger charge is 2.14. The molecule has 0 aliphatic rings. The Morgan fingerprint density at radius 2 is 1.97 bits per heavy atom. The van der Waals surface area contributed by atoms with Crippen LogP contribution in [0.1, 0.15) is 18.1 Å². The van der Waals surface area contributed by atoms with E-state index in [0.717, 1.165) is 16.8 Å². The number of tetrazole rings is 1. The van der Waals surface area contributed by atoms with E-state index in [-0.39, 0.29) is 12.5 Å². The lowest BCUT2D eigenvalue weighted by molar-refractivity contribution is -0.118. The molecule has 9 heteroatoms. The molecule has 0 aliphatic carbocycles. The molecule has 0 unspecified atom stereocenters. The second-order valence-electron chi connectivity index (χ2n) is 6.32. The number of carbonyl (C=O) groups excluding carboxylic acids is 1. The minimum Gasteiger partial charge on any atom is -0.493 e. The first-order valence-corrected chi connectivity index (χ1v) is 9.26. The van der Waals surface area contributed by atoms with Gasteiger partial charge < -0.3 is 20.1 Å². The number of para-hydroxylation sites is 1. The summed E-state index contributed by atoms with van der Waals surface area (Å²) < 4.78 is 12.9. The fourth-order valence-electron chi connectivity index (χ4n) is 2.72. The molecule has 2 aromatic carbocycles. The second kappa shape index (κ2) is 9.54. The second-order valence-corrected chi connectivity index (χ2v) is 6.32. The predicted octanol–water partition coefficient (Wildman–Crippen LogP) is 2.64. The Balaban J connectivity index is 1.67. The maximum absolute atomic E-state index is 12.3. The number of hydrogen-bond donors (Lipinski definition) is 2. The highest BCUT2D eigenvalue weighted by molar-refractivity contribution is 5.91. The SMILES string of the molecule is CCn1nnnc1NCc1cccc(OC)c1OCC(=O)Nc1ccc(C)cc1. The lowest BCUT2D eigenvalue weighted by Crippen LogP contribution is -2.21. The Morgan fingerprint density at radius 3 is 2.69 bits per heavy atom. The minimum absolute atomic E-state index is 0.145. The molecule has 0 spiro atoms. The molecule has 0 atom stereocenters. The summed E-state index contributed by atoms with van der Waals surface area (Å²) in [5.74, 6) is 1.34. The molecule has 1 heterocycles. The highest BCUT2D eigenvalue weighted by Crippen LogP contribution is 2.31. The van der Waals surface area contributed by atoms with Crippen molar-refractivity contribution in [3.63, 3.8) is 0 Å². The Kier molecular flexibility index (Phi) is 6.62. The minimum atomic E-state index is -0.256. The van der Waals surface area contributed by atoms with Gasteiger partial charge in [-0.05, 0) is 42.5 Å². The fourth-order valence-corrected chi connectivity index (χ4v) is 2.72. The van der Waals surface area contributed by atoms with Crippen molar-refractivity contribution in [3.8, 4) is 11.5 Å². The van der Waals surface area contributed by atoms with E-state index < -0.39 is 0 Å². The number of anilines is 2. The number of aromatic nitrogens is 4. The molecular weight excluding hydrogens is 372 g/mol. The number of benzene rings is 2. The summed E-state index contributed by atoms with van der Waals surface area (Å²) in [4.78, 5) is 12.3. The number of hydrogen-bond acceptors (Lipinski definition) is 7. The Bertz CT molecular complexity index is 955. The molecule has 2 N–H and O–H groups in total. The largest absolute Gasteiger partial charge is 0.493 e. The molecule has 3 rings (SSSR count). The maximum atomic E-state index is 12.3. The first kappa shape index (κ1) is 20.1. The first-order valence-electron chi connectivity index (χ1n) is 9.26. The van der Waals surface area contributed by atoms with Crippen LogP contribution in [-0.4, -0.2) is 39.8 Å². The van der Waals surface area contributed by atoms with Crippen LogP contribution in [0.4, 0.5) is 11.6 Å². The van der Waals surface area contributed by atoms with Gasteiger partial charge in [0, 0.05) is 24.3 Å². The highest BCUT2D eigenvalue weighted by atomic mass is 16.5. The molecule has 0 saturated heterocycles. The van der Waals surface area contributed by atoms with E-state index in [4.69, 9.17) is 9.47 Å². The number of amides is 1. The zero-order chi connectivity index (χ0) is 20.6. The summed E-state index contributed by atoms with van der Waals surface area (Å²) >= 11 is 0. The van der Waals surface area contributed by atoms with Crippen LogP contribution in [0.25, 0.3) is 0 Å². The summed E-state index contributed by atoms with van der Waals surface area (Å²) in [6.07, 6.45) is 0. The van der Waals surface area contributed by atoms with Crippen LogP contribution in [0.2, 0.25) is 0 Å². The average Bonchev–Trinajstić information content (AvgIpc) is 3.20. The van der Waals surface area contributed by atoms with Gasteiger partial charge in [0.1, 0.15) is 0 Å². The molecule has 9 nitrogen and oxygen atoms in total. The van der Waals surface area contributed by atoms with E-state index in [0.29, 0.717) is 30.5 Å².